The van der Waals surface area contributed by atoms with Crippen LogP contribution in [0, 0.1) is 0 Å². The summed E-state index contributed by atoms with van der Waals surface area (Å²) >= 11 is 3.79. The van der Waals surface area contributed by atoms with Gasteiger partial charge in [-0.15, -0.1) is 0 Å². The van der Waals surface area contributed by atoms with Gasteiger partial charge in [0.1, 0.15) is 12.4 Å². The molecule has 2 heterocycles. The van der Waals surface area contributed by atoms with Gasteiger partial charge in [0, 0.05) is 27.6 Å². The largest absolute Gasteiger partial charge is 0.494 e. The van der Waals surface area contributed by atoms with Gasteiger partial charge in [0.15, 0.2) is 11.5 Å². The average molecular weight is 507 g/mol. The van der Waals surface area contributed by atoms with Gasteiger partial charge < -0.3 is 24.5 Å². The van der Waals surface area contributed by atoms with Crippen LogP contribution in [-0.2, 0) is 13.0 Å². The number of methoxy groups -OCH3 is 1. The summed E-state index contributed by atoms with van der Waals surface area (Å²) in [6.07, 6.45) is 0.967. The molecule has 1 unspecified atom stereocenters. The second kappa shape index (κ2) is 9.49. The molecule has 0 amide bonds. The number of ether oxygens (including phenoxy) is 3. The molecule has 6 heteroatoms. The van der Waals surface area contributed by atoms with Gasteiger partial charge in [-0.2, -0.15) is 0 Å². The maximum Gasteiger partial charge on any atom is 0.162 e. The summed E-state index contributed by atoms with van der Waals surface area (Å²) in [5, 5.41) is 4.90. The Labute approximate surface area is 202 Å². The minimum atomic E-state index is 0.0168. The van der Waals surface area contributed by atoms with E-state index in [0.717, 1.165) is 39.8 Å². The van der Waals surface area contributed by atoms with Crippen LogP contribution in [0.4, 0.5) is 0 Å². The molecular formula is C27H27BrN2O3. The van der Waals surface area contributed by atoms with Crippen molar-refractivity contribution in [2.24, 2.45) is 0 Å². The Bertz CT molecular complexity index is 1270. The van der Waals surface area contributed by atoms with Crippen molar-refractivity contribution in [2.45, 2.75) is 26.0 Å². The zero-order valence-corrected chi connectivity index (χ0v) is 20.4. The lowest BCUT2D eigenvalue weighted by Crippen LogP contribution is -2.30. The maximum atomic E-state index is 6.09. The highest BCUT2D eigenvalue weighted by Gasteiger charge is 2.28. The third kappa shape index (κ3) is 4.33. The number of halogens is 1. The van der Waals surface area contributed by atoms with Gasteiger partial charge in [-0.3, -0.25) is 0 Å². The van der Waals surface area contributed by atoms with Gasteiger partial charge >= 0.3 is 0 Å². The van der Waals surface area contributed by atoms with E-state index in [-0.39, 0.29) is 6.04 Å². The van der Waals surface area contributed by atoms with Crippen LogP contribution in [0.25, 0.3) is 10.9 Å². The third-order valence-corrected chi connectivity index (χ3v) is 6.75. The number of fused-ring (bicyclic) bond motifs is 3. The van der Waals surface area contributed by atoms with E-state index in [9.17, 15) is 0 Å². The molecule has 3 aromatic carbocycles. The Morgan fingerprint density at radius 1 is 1.00 bits per heavy atom. The van der Waals surface area contributed by atoms with Crippen molar-refractivity contribution in [3.8, 4) is 17.2 Å². The molecule has 1 aromatic heterocycles. The fourth-order valence-corrected chi connectivity index (χ4v) is 5.06. The second-order valence-electron chi connectivity index (χ2n) is 8.09. The van der Waals surface area contributed by atoms with Crippen molar-refractivity contribution in [3.05, 3.63) is 87.5 Å². The number of aromatic nitrogens is 1. The summed E-state index contributed by atoms with van der Waals surface area (Å²) in [6.45, 7) is 4.05. The Morgan fingerprint density at radius 2 is 1.85 bits per heavy atom. The smallest absolute Gasteiger partial charge is 0.162 e. The van der Waals surface area contributed by atoms with Crippen LogP contribution in [0.5, 0.6) is 17.2 Å². The molecule has 4 aromatic rings. The molecule has 0 spiro atoms. The molecule has 0 aliphatic carbocycles. The maximum absolute atomic E-state index is 6.09. The monoisotopic (exact) mass is 506 g/mol. The standard InChI is InChI=1S/C27H27BrN2O3/c1-3-32-18-9-10-23-20(13-18)19-11-12-29-26(27(19)30-23)21-14-24(31-2)25(15-22(21)28)33-16-17-7-5-4-6-8-17/h4-10,13-15,26,29-30H,3,11-12,16H2,1-2H3. The first-order valence-electron chi connectivity index (χ1n) is 11.2. The molecule has 1 aliphatic rings. The molecular weight excluding hydrogens is 480 g/mol. The van der Waals surface area contributed by atoms with Crippen molar-refractivity contribution in [1.29, 1.82) is 0 Å². The van der Waals surface area contributed by atoms with Crippen LogP contribution < -0.4 is 19.5 Å². The lowest BCUT2D eigenvalue weighted by Gasteiger charge is -2.26. The lowest BCUT2D eigenvalue weighted by molar-refractivity contribution is 0.284. The molecule has 33 heavy (non-hydrogen) atoms. The molecule has 0 fully saturated rings. The number of hydrogen-bond acceptors (Lipinski definition) is 4. The fourth-order valence-electron chi connectivity index (χ4n) is 4.51. The number of H-pyrrole nitrogens is 1. The van der Waals surface area contributed by atoms with Gasteiger partial charge in [0.25, 0.3) is 0 Å². The van der Waals surface area contributed by atoms with Crippen molar-refractivity contribution in [3.63, 3.8) is 0 Å². The fraction of sp³-hybridized carbons (Fsp3) is 0.259. The van der Waals surface area contributed by atoms with Crippen molar-refractivity contribution < 1.29 is 14.2 Å². The predicted octanol–water partition coefficient (Wildman–Crippen LogP) is 6.15. The SMILES string of the molecule is CCOc1ccc2[nH]c3c(c2c1)CCNC3c1cc(OC)c(OCc2ccccc2)cc1Br. The molecule has 170 valence electrons. The molecule has 0 radical (unpaired) electrons. The molecule has 0 bridgehead atoms. The minimum absolute atomic E-state index is 0.0168. The molecule has 2 N–H and O–H groups in total. The first kappa shape index (κ1) is 21.9. The first-order valence-corrected chi connectivity index (χ1v) is 12.0. The zero-order valence-electron chi connectivity index (χ0n) is 18.8. The van der Waals surface area contributed by atoms with E-state index in [1.54, 1.807) is 7.11 Å². The summed E-state index contributed by atoms with van der Waals surface area (Å²) in [5.41, 5.74) is 5.87. The van der Waals surface area contributed by atoms with Crippen molar-refractivity contribution >= 4 is 26.8 Å². The van der Waals surface area contributed by atoms with E-state index in [1.165, 1.54) is 16.6 Å². The van der Waals surface area contributed by atoms with Crippen molar-refractivity contribution in [1.82, 2.24) is 10.3 Å². The zero-order chi connectivity index (χ0) is 22.8. The van der Waals surface area contributed by atoms with E-state index in [4.69, 9.17) is 14.2 Å². The molecule has 0 saturated carbocycles. The molecule has 5 nitrogen and oxygen atoms in total. The van der Waals surface area contributed by atoms with Gasteiger partial charge in [-0.25, -0.2) is 0 Å². The quantitative estimate of drug-likeness (QED) is 0.315. The van der Waals surface area contributed by atoms with Crippen LogP contribution >= 0.6 is 15.9 Å². The number of rotatable bonds is 7. The molecule has 0 saturated heterocycles. The van der Waals surface area contributed by atoms with Gasteiger partial charge in [-0.05, 0) is 60.4 Å². The highest BCUT2D eigenvalue weighted by atomic mass is 79.9. The molecule has 5 rings (SSSR count). The normalized spacial score (nSPS) is 15.3. The van der Waals surface area contributed by atoms with E-state index >= 15 is 0 Å². The summed E-state index contributed by atoms with van der Waals surface area (Å²) in [5.74, 6) is 2.34. The van der Waals surface area contributed by atoms with Crippen LogP contribution in [0.1, 0.15) is 35.3 Å². The van der Waals surface area contributed by atoms with Crippen LogP contribution in [0.15, 0.2) is 65.1 Å². The summed E-state index contributed by atoms with van der Waals surface area (Å²) in [7, 11) is 1.68. The number of aromatic amines is 1. The van der Waals surface area contributed by atoms with Crippen LogP contribution in [0.3, 0.4) is 0 Å². The second-order valence-corrected chi connectivity index (χ2v) is 8.95. The van der Waals surface area contributed by atoms with Crippen molar-refractivity contribution in [2.75, 3.05) is 20.3 Å². The topological polar surface area (TPSA) is 55.5 Å². The van der Waals surface area contributed by atoms with Crippen LogP contribution in [-0.4, -0.2) is 25.2 Å². The molecule has 1 aliphatic heterocycles. The van der Waals surface area contributed by atoms with Gasteiger partial charge in [0.2, 0.25) is 0 Å². The van der Waals surface area contributed by atoms with E-state index in [0.29, 0.717) is 24.7 Å². The highest BCUT2D eigenvalue weighted by molar-refractivity contribution is 9.10. The van der Waals surface area contributed by atoms with Gasteiger partial charge in [0.05, 0.1) is 19.8 Å². The first-order chi connectivity index (χ1) is 16.2. The average Bonchev–Trinajstić information content (AvgIpc) is 3.22. The Hall–Kier alpha value is -2.96. The third-order valence-electron chi connectivity index (χ3n) is 6.06. The summed E-state index contributed by atoms with van der Waals surface area (Å²) in [6, 6.07) is 20.5. The van der Waals surface area contributed by atoms with Gasteiger partial charge in [-0.1, -0.05) is 46.3 Å². The molecule has 1 atom stereocenters. The predicted molar refractivity (Wildman–Crippen MR) is 134 cm³/mol. The summed E-state index contributed by atoms with van der Waals surface area (Å²) < 4.78 is 18.5. The number of hydrogen-bond donors (Lipinski definition) is 2. The number of nitrogens with one attached hydrogen (secondary N) is 2. The highest BCUT2D eigenvalue weighted by Crippen LogP contribution is 2.41. The lowest BCUT2D eigenvalue weighted by atomic mass is 9.94. The minimum Gasteiger partial charge on any atom is -0.494 e. The Balaban J connectivity index is 1.49. The number of benzene rings is 3. The van der Waals surface area contributed by atoms with E-state index in [2.05, 4.69) is 56.6 Å². The Morgan fingerprint density at radius 3 is 2.64 bits per heavy atom. The Kier molecular flexibility index (Phi) is 6.29. The van der Waals surface area contributed by atoms with E-state index < -0.39 is 0 Å². The van der Waals surface area contributed by atoms with Crippen LogP contribution in [0.2, 0.25) is 0 Å². The summed E-state index contributed by atoms with van der Waals surface area (Å²) in [4.78, 5) is 3.65. The van der Waals surface area contributed by atoms with E-state index in [1.807, 2.05) is 37.3 Å².